The maximum absolute atomic E-state index is 11.0. The maximum Gasteiger partial charge on any atom is 0.305 e. The number of benzene rings is 1. The summed E-state index contributed by atoms with van der Waals surface area (Å²) < 4.78 is 5.06. The number of rotatable bonds is 5. The van der Waals surface area contributed by atoms with Gasteiger partial charge in [0.2, 0.25) is 0 Å². The van der Waals surface area contributed by atoms with Crippen LogP contribution in [0.3, 0.4) is 0 Å². The van der Waals surface area contributed by atoms with Crippen LogP contribution >= 0.6 is 0 Å². The number of hydrogen-bond acceptors (Lipinski definition) is 3. The Hall–Kier alpha value is -1.51. The quantitative estimate of drug-likeness (QED) is 0.779. The average molecular weight is 222 g/mol. The maximum atomic E-state index is 11.0. The molecule has 0 spiro atoms. The molecule has 1 rings (SSSR count). The summed E-state index contributed by atoms with van der Waals surface area (Å²) in [6, 6.07) is 7.10. The predicted octanol–water partition coefficient (Wildman–Crippen LogP) is 2.52. The third-order valence-electron chi connectivity index (χ3n) is 2.34. The van der Waals surface area contributed by atoms with Crippen LogP contribution in [0.15, 0.2) is 24.3 Å². The van der Waals surface area contributed by atoms with E-state index in [0.717, 1.165) is 12.0 Å². The molecule has 1 unspecified atom stereocenters. The Morgan fingerprint density at radius 2 is 2.00 bits per heavy atom. The van der Waals surface area contributed by atoms with Crippen molar-refractivity contribution in [3.8, 4) is 5.75 Å². The highest BCUT2D eigenvalue weighted by Gasteiger charge is 2.06. The van der Waals surface area contributed by atoms with Crippen LogP contribution in [-0.2, 0) is 16.0 Å². The Kier molecular flexibility index (Phi) is 4.83. The number of phenolic OH excluding ortho intramolecular Hbond substituents is 1. The Morgan fingerprint density at radius 1 is 1.38 bits per heavy atom. The Morgan fingerprint density at radius 3 is 2.56 bits per heavy atom. The molecule has 3 nitrogen and oxygen atoms in total. The second kappa shape index (κ2) is 6.16. The van der Waals surface area contributed by atoms with Gasteiger partial charge in [-0.15, -0.1) is 0 Å². The molecule has 0 aromatic heterocycles. The fourth-order valence-electron chi connectivity index (χ4n) is 1.43. The first-order valence-corrected chi connectivity index (χ1v) is 5.55. The molecule has 16 heavy (non-hydrogen) atoms. The van der Waals surface area contributed by atoms with E-state index in [1.807, 2.05) is 19.1 Å². The summed E-state index contributed by atoms with van der Waals surface area (Å²) in [5.74, 6) is 0.409. The summed E-state index contributed by atoms with van der Waals surface area (Å²) in [7, 11) is 0. The highest BCUT2D eigenvalue weighted by molar-refractivity contribution is 5.68. The van der Waals surface area contributed by atoms with E-state index in [1.54, 1.807) is 19.1 Å². The van der Waals surface area contributed by atoms with Crippen molar-refractivity contribution < 1.29 is 14.6 Å². The van der Waals surface area contributed by atoms with Crippen LogP contribution in [0.4, 0.5) is 0 Å². The third kappa shape index (κ3) is 4.34. The zero-order chi connectivity index (χ0) is 12.0. The molecular formula is C13H18O3. The van der Waals surface area contributed by atoms with Gasteiger partial charge in [-0.05, 0) is 30.0 Å². The van der Waals surface area contributed by atoms with Crippen LogP contribution in [0.5, 0.6) is 5.75 Å². The van der Waals surface area contributed by atoms with Crippen molar-refractivity contribution in [1.29, 1.82) is 0 Å². The molecule has 0 fully saturated rings. The van der Waals surface area contributed by atoms with E-state index in [1.165, 1.54) is 0 Å². The third-order valence-corrected chi connectivity index (χ3v) is 2.34. The minimum Gasteiger partial charge on any atom is -0.508 e. The molecule has 0 aliphatic heterocycles. The fourth-order valence-corrected chi connectivity index (χ4v) is 1.43. The number of aromatic hydroxyl groups is 1. The van der Waals surface area contributed by atoms with Gasteiger partial charge in [0.1, 0.15) is 5.75 Å². The molecular weight excluding hydrogens is 204 g/mol. The largest absolute Gasteiger partial charge is 0.508 e. The molecule has 0 bridgehead atoms. The summed E-state index contributed by atoms with van der Waals surface area (Å²) in [5.41, 5.74) is 1.14. The number of carbonyl (C=O) groups is 1. The van der Waals surface area contributed by atoms with Crippen LogP contribution < -0.4 is 0 Å². The molecule has 0 aliphatic carbocycles. The molecule has 1 aromatic rings. The van der Waals surface area contributed by atoms with Gasteiger partial charge in [-0.2, -0.15) is 0 Å². The number of phenols is 1. The topological polar surface area (TPSA) is 46.5 Å². The number of ether oxygens (including phenoxy) is 1. The summed E-state index contributed by atoms with van der Waals surface area (Å²) in [6.45, 7) is 4.27. The molecule has 0 amide bonds. The van der Waals surface area contributed by atoms with Gasteiger partial charge in [0.15, 0.2) is 0 Å². The van der Waals surface area contributed by atoms with Gasteiger partial charge in [-0.25, -0.2) is 0 Å². The summed E-state index contributed by atoms with van der Waals surface area (Å²) >= 11 is 0. The smallest absolute Gasteiger partial charge is 0.305 e. The number of carbonyl (C=O) groups excluding carboxylic acids is 1. The van der Waals surface area contributed by atoms with E-state index in [-0.39, 0.29) is 11.7 Å². The summed E-state index contributed by atoms with van der Waals surface area (Å²) in [5, 5.41) is 9.13. The van der Waals surface area contributed by atoms with Crippen LogP contribution in [0, 0.1) is 5.92 Å². The zero-order valence-corrected chi connectivity index (χ0v) is 9.77. The van der Waals surface area contributed by atoms with Crippen molar-refractivity contribution in [3.63, 3.8) is 0 Å². The normalized spacial score (nSPS) is 12.1. The van der Waals surface area contributed by atoms with Gasteiger partial charge in [0.05, 0.1) is 6.61 Å². The Labute approximate surface area is 96.1 Å². The molecule has 1 atom stereocenters. The average Bonchev–Trinajstić information content (AvgIpc) is 2.29. The first-order valence-electron chi connectivity index (χ1n) is 5.55. The molecule has 0 saturated carbocycles. The minimum absolute atomic E-state index is 0.155. The van der Waals surface area contributed by atoms with Gasteiger partial charge in [0, 0.05) is 6.42 Å². The van der Waals surface area contributed by atoms with Crippen LogP contribution in [0.25, 0.3) is 0 Å². The van der Waals surface area contributed by atoms with E-state index in [9.17, 15) is 4.79 Å². The summed E-state index contributed by atoms with van der Waals surface area (Å²) in [4.78, 5) is 11.0. The van der Waals surface area contributed by atoms with E-state index >= 15 is 0 Å². The lowest BCUT2D eigenvalue weighted by molar-refractivity contribution is -0.144. The molecule has 0 heterocycles. The predicted molar refractivity (Wildman–Crippen MR) is 62.2 cm³/mol. The van der Waals surface area contributed by atoms with E-state index in [4.69, 9.17) is 9.84 Å². The second-order valence-electron chi connectivity index (χ2n) is 4.01. The lowest BCUT2D eigenvalue weighted by atomic mass is 10.0. The number of esters is 1. The van der Waals surface area contributed by atoms with Crippen molar-refractivity contribution >= 4 is 5.97 Å². The van der Waals surface area contributed by atoms with Gasteiger partial charge in [-0.1, -0.05) is 26.0 Å². The number of hydrogen-bond donors (Lipinski definition) is 1. The van der Waals surface area contributed by atoms with Gasteiger partial charge >= 0.3 is 5.97 Å². The molecule has 0 saturated heterocycles. The summed E-state index contributed by atoms with van der Waals surface area (Å²) in [6.07, 6.45) is 1.27. The fraction of sp³-hybridized carbons (Fsp3) is 0.462. The van der Waals surface area contributed by atoms with Crippen LogP contribution in [0.2, 0.25) is 0 Å². The van der Waals surface area contributed by atoms with E-state index in [2.05, 4.69) is 0 Å². The molecule has 0 aliphatic rings. The van der Waals surface area contributed by atoms with Crippen molar-refractivity contribution in [1.82, 2.24) is 0 Å². The highest BCUT2D eigenvalue weighted by Crippen LogP contribution is 2.13. The van der Waals surface area contributed by atoms with Crippen molar-refractivity contribution in [2.24, 2.45) is 5.92 Å². The molecule has 1 N–H and O–H groups in total. The Balaban J connectivity index is 2.36. The van der Waals surface area contributed by atoms with Crippen molar-refractivity contribution in [2.45, 2.75) is 26.7 Å². The van der Waals surface area contributed by atoms with Gasteiger partial charge in [0.25, 0.3) is 0 Å². The highest BCUT2D eigenvalue weighted by atomic mass is 16.5. The zero-order valence-electron chi connectivity index (χ0n) is 9.77. The van der Waals surface area contributed by atoms with Crippen LogP contribution in [0.1, 0.15) is 25.8 Å². The van der Waals surface area contributed by atoms with Crippen molar-refractivity contribution in [2.75, 3.05) is 6.61 Å². The lowest BCUT2D eigenvalue weighted by Crippen LogP contribution is -2.12. The molecule has 1 aromatic carbocycles. The van der Waals surface area contributed by atoms with E-state index in [0.29, 0.717) is 18.9 Å². The SMILES string of the molecule is CCC(=O)OCC(C)Cc1ccc(O)cc1. The first-order chi connectivity index (χ1) is 7.61. The second-order valence-corrected chi connectivity index (χ2v) is 4.01. The van der Waals surface area contributed by atoms with Gasteiger partial charge < -0.3 is 9.84 Å². The van der Waals surface area contributed by atoms with Gasteiger partial charge in [-0.3, -0.25) is 4.79 Å². The molecule has 3 heteroatoms. The van der Waals surface area contributed by atoms with E-state index < -0.39 is 0 Å². The Bertz CT molecular complexity index is 330. The lowest BCUT2D eigenvalue weighted by Gasteiger charge is -2.11. The molecule has 0 radical (unpaired) electrons. The minimum atomic E-state index is -0.155. The van der Waals surface area contributed by atoms with Crippen molar-refractivity contribution in [3.05, 3.63) is 29.8 Å². The first kappa shape index (κ1) is 12.6. The monoisotopic (exact) mass is 222 g/mol. The van der Waals surface area contributed by atoms with Crippen LogP contribution in [-0.4, -0.2) is 17.7 Å². The molecule has 88 valence electrons. The standard InChI is InChI=1S/C13H18O3/c1-3-13(15)16-9-10(2)8-11-4-6-12(14)7-5-11/h4-7,10,14H,3,8-9H2,1-2H3.